The van der Waals surface area contributed by atoms with Gasteiger partial charge in [0.1, 0.15) is 5.56 Å². The summed E-state index contributed by atoms with van der Waals surface area (Å²) in [5, 5.41) is 17.5. The summed E-state index contributed by atoms with van der Waals surface area (Å²) in [5.74, 6) is -2.40. The highest BCUT2D eigenvalue weighted by Crippen LogP contribution is 2.33. The van der Waals surface area contributed by atoms with E-state index in [4.69, 9.17) is 0 Å². The largest absolute Gasteiger partial charge is 0.470 e. The lowest BCUT2D eigenvalue weighted by atomic mass is 9.96. The number of rotatable bonds is 3. The van der Waals surface area contributed by atoms with Gasteiger partial charge in [-0.1, -0.05) is 12.1 Å². The molecule has 1 aromatic carbocycles. The number of alkyl halides is 3. The number of nitrogens with zero attached hydrogens (tertiary/aromatic N) is 4. The lowest BCUT2D eigenvalue weighted by Gasteiger charge is -2.30. The van der Waals surface area contributed by atoms with E-state index in [-0.39, 0.29) is 30.2 Å². The van der Waals surface area contributed by atoms with Gasteiger partial charge in [0.2, 0.25) is 5.89 Å². The van der Waals surface area contributed by atoms with E-state index < -0.39 is 28.8 Å². The number of benzene rings is 1. The first-order chi connectivity index (χ1) is 12.3. The predicted molar refractivity (Wildman–Crippen MR) is 80.3 cm³/mol. The Balaban J connectivity index is 1.68. The minimum atomic E-state index is -4.70. The van der Waals surface area contributed by atoms with Crippen molar-refractivity contribution in [1.29, 1.82) is 0 Å². The minimum absolute atomic E-state index is 0.0203. The van der Waals surface area contributed by atoms with Gasteiger partial charge in [-0.25, -0.2) is 0 Å². The van der Waals surface area contributed by atoms with Gasteiger partial charge in [0.15, 0.2) is 0 Å². The number of hydrogen-bond donors (Lipinski definition) is 0. The smallest absolute Gasteiger partial charge is 0.417 e. The molecule has 0 radical (unpaired) electrons. The number of hydrogen-bond acceptors (Lipinski definition) is 6. The standard InChI is InChI=1S/C15H13F3N4O4/c16-15(17,18)14-20-19-12(26-14)9-5-7-21(8-6-9)13(23)10-3-1-2-4-11(10)22(24)25/h1-4,9H,5-8H2. The molecule has 3 rings (SSSR count). The number of nitro groups is 1. The number of aromatic nitrogens is 2. The van der Waals surface area contributed by atoms with Gasteiger partial charge < -0.3 is 9.32 Å². The molecule has 0 aliphatic carbocycles. The van der Waals surface area contributed by atoms with Crippen molar-refractivity contribution >= 4 is 11.6 Å². The minimum Gasteiger partial charge on any atom is -0.417 e. The van der Waals surface area contributed by atoms with Crippen LogP contribution in [-0.2, 0) is 6.18 Å². The first-order valence-electron chi connectivity index (χ1n) is 7.70. The van der Waals surface area contributed by atoms with Gasteiger partial charge in [-0.3, -0.25) is 14.9 Å². The van der Waals surface area contributed by atoms with Crippen molar-refractivity contribution in [2.24, 2.45) is 0 Å². The van der Waals surface area contributed by atoms with Crippen LogP contribution in [-0.4, -0.2) is 39.0 Å². The number of halogens is 3. The Morgan fingerprint density at radius 2 is 1.88 bits per heavy atom. The lowest BCUT2D eigenvalue weighted by Crippen LogP contribution is -2.38. The summed E-state index contributed by atoms with van der Waals surface area (Å²) in [5.41, 5.74) is -0.306. The maximum absolute atomic E-state index is 12.5. The van der Waals surface area contributed by atoms with Crippen LogP contribution in [0.1, 0.15) is 40.9 Å². The molecule has 0 N–H and O–H groups in total. The summed E-state index contributed by atoms with van der Waals surface area (Å²) in [6.07, 6.45) is -4.05. The number of carbonyl (C=O) groups excluding carboxylic acids is 1. The van der Waals surface area contributed by atoms with E-state index in [0.717, 1.165) is 0 Å². The topological polar surface area (TPSA) is 102 Å². The number of nitro benzene ring substituents is 1. The van der Waals surface area contributed by atoms with Crippen LogP contribution in [0.15, 0.2) is 28.7 Å². The van der Waals surface area contributed by atoms with E-state index >= 15 is 0 Å². The number of para-hydroxylation sites is 1. The average molecular weight is 370 g/mol. The van der Waals surface area contributed by atoms with Gasteiger partial charge in [-0.05, 0) is 18.9 Å². The SMILES string of the molecule is O=C(c1ccccc1[N+](=O)[O-])N1CCC(c2nnc(C(F)(F)F)o2)CC1. The van der Waals surface area contributed by atoms with E-state index in [1.807, 2.05) is 0 Å². The van der Waals surface area contributed by atoms with Crippen molar-refractivity contribution in [1.82, 2.24) is 15.1 Å². The summed E-state index contributed by atoms with van der Waals surface area (Å²) in [7, 11) is 0. The third-order valence-electron chi connectivity index (χ3n) is 4.15. The molecular weight excluding hydrogens is 357 g/mol. The predicted octanol–water partition coefficient (Wildman–Crippen LogP) is 3.02. The maximum Gasteiger partial charge on any atom is 0.470 e. The highest BCUT2D eigenvalue weighted by Gasteiger charge is 2.39. The van der Waals surface area contributed by atoms with Crippen LogP contribution >= 0.6 is 0 Å². The van der Waals surface area contributed by atoms with Crippen molar-refractivity contribution in [3.8, 4) is 0 Å². The molecule has 2 heterocycles. The van der Waals surface area contributed by atoms with Crippen LogP contribution in [0.25, 0.3) is 0 Å². The van der Waals surface area contributed by atoms with Gasteiger partial charge in [0, 0.05) is 25.1 Å². The molecule has 26 heavy (non-hydrogen) atoms. The zero-order valence-corrected chi connectivity index (χ0v) is 13.3. The van der Waals surface area contributed by atoms with E-state index in [1.54, 1.807) is 0 Å². The molecule has 1 aliphatic heterocycles. The molecule has 0 unspecified atom stereocenters. The van der Waals surface area contributed by atoms with Gasteiger partial charge in [-0.15, -0.1) is 10.2 Å². The Labute approximate surface area is 144 Å². The molecule has 0 bridgehead atoms. The van der Waals surface area contributed by atoms with Crippen molar-refractivity contribution in [2.45, 2.75) is 24.9 Å². The summed E-state index contributed by atoms with van der Waals surface area (Å²) in [6.45, 7) is 0.443. The Bertz CT molecular complexity index is 828. The first-order valence-corrected chi connectivity index (χ1v) is 7.70. The van der Waals surface area contributed by atoms with Crippen molar-refractivity contribution in [2.75, 3.05) is 13.1 Å². The highest BCUT2D eigenvalue weighted by atomic mass is 19.4. The first kappa shape index (κ1) is 17.8. The molecule has 0 spiro atoms. The fraction of sp³-hybridized carbons (Fsp3) is 0.400. The Kier molecular flexibility index (Phi) is 4.62. The fourth-order valence-corrected chi connectivity index (χ4v) is 2.83. The number of piperidine rings is 1. The summed E-state index contributed by atoms with van der Waals surface area (Å²) in [6, 6.07) is 5.62. The maximum atomic E-state index is 12.5. The van der Waals surface area contributed by atoms with Crippen molar-refractivity contribution < 1.29 is 27.3 Å². The Hall–Kier alpha value is -2.98. The van der Waals surface area contributed by atoms with Crippen LogP contribution in [0, 0.1) is 10.1 Å². The van der Waals surface area contributed by atoms with Gasteiger partial charge in [0.05, 0.1) is 4.92 Å². The Morgan fingerprint density at radius 3 is 2.46 bits per heavy atom. The molecule has 1 saturated heterocycles. The second kappa shape index (κ2) is 6.73. The van der Waals surface area contributed by atoms with Gasteiger partial charge >= 0.3 is 12.1 Å². The molecule has 1 fully saturated rings. The van der Waals surface area contributed by atoms with Crippen LogP contribution in [0.2, 0.25) is 0 Å². The number of likely N-dealkylation sites (tertiary alicyclic amines) is 1. The molecule has 1 aromatic heterocycles. The molecular formula is C15H13F3N4O4. The van der Waals surface area contributed by atoms with E-state index in [0.29, 0.717) is 12.8 Å². The lowest BCUT2D eigenvalue weighted by molar-refractivity contribution is -0.385. The third-order valence-corrected chi connectivity index (χ3v) is 4.15. The molecule has 0 saturated carbocycles. The highest BCUT2D eigenvalue weighted by molar-refractivity contribution is 5.98. The second-order valence-corrected chi connectivity index (χ2v) is 5.78. The van der Waals surface area contributed by atoms with Crippen LogP contribution in [0.4, 0.5) is 18.9 Å². The van der Waals surface area contributed by atoms with Gasteiger partial charge in [-0.2, -0.15) is 13.2 Å². The van der Waals surface area contributed by atoms with Crippen molar-refractivity contribution in [3.63, 3.8) is 0 Å². The van der Waals surface area contributed by atoms with Crippen LogP contribution < -0.4 is 0 Å². The zero-order chi connectivity index (χ0) is 18.9. The monoisotopic (exact) mass is 370 g/mol. The number of carbonyl (C=O) groups is 1. The fourth-order valence-electron chi connectivity index (χ4n) is 2.83. The second-order valence-electron chi connectivity index (χ2n) is 5.78. The van der Waals surface area contributed by atoms with Crippen LogP contribution in [0.5, 0.6) is 0 Å². The summed E-state index contributed by atoms with van der Waals surface area (Å²) in [4.78, 5) is 24.4. The summed E-state index contributed by atoms with van der Waals surface area (Å²) >= 11 is 0. The molecule has 2 aromatic rings. The molecule has 1 aliphatic rings. The molecule has 138 valence electrons. The molecule has 11 heteroatoms. The molecule has 8 nitrogen and oxygen atoms in total. The van der Waals surface area contributed by atoms with E-state index in [2.05, 4.69) is 14.6 Å². The quantitative estimate of drug-likeness (QED) is 0.608. The molecule has 0 atom stereocenters. The van der Waals surface area contributed by atoms with E-state index in [9.17, 15) is 28.1 Å². The zero-order valence-electron chi connectivity index (χ0n) is 13.3. The van der Waals surface area contributed by atoms with Gasteiger partial charge in [0.25, 0.3) is 11.6 Å². The van der Waals surface area contributed by atoms with Crippen LogP contribution in [0.3, 0.4) is 0 Å². The number of amides is 1. The molecule has 1 amide bonds. The Morgan fingerprint density at radius 1 is 1.23 bits per heavy atom. The van der Waals surface area contributed by atoms with Crippen molar-refractivity contribution in [3.05, 3.63) is 51.7 Å². The average Bonchev–Trinajstić information content (AvgIpc) is 3.12. The normalized spacial score (nSPS) is 15.9. The third kappa shape index (κ3) is 3.51. The van der Waals surface area contributed by atoms with E-state index in [1.165, 1.54) is 29.2 Å². The summed E-state index contributed by atoms with van der Waals surface area (Å²) < 4.78 is 42.2.